The van der Waals surface area contributed by atoms with Gasteiger partial charge in [-0.1, -0.05) is 0 Å². The van der Waals surface area contributed by atoms with E-state index >= 15 is 0 Å². The number of hydrogen-bond donors (Lipinski definition) is 2. The molecule has 3 aliphatic rings. The van der Waals surface area contributed by atoms with Crippen molar-refractivity contribution in [1.29, 1.82) is 0 Å². The van der Waals surface area contributed by atoms with E-state index in [0.29, 0.717) is 24.8 Å². The van der Waals surface area contributed by atoms with Crippen LogP contribution >= 0.6 is 0 Å². The largest absolute Gasteiger partial charge is 0.481 e. The van der Waals surface area contributed by atoms with Crippen molar-refractivity contribution in [1.82, 2.24) is 14.9 Å². The third kappa shape index (κ3) is 2.71. The van der Waals surface area contributed by atoms with Gasteiger partial charge >= 0.3 is 12.0 Å². The van der Waals surface area contributed by atoms with Gasteiger partial charge in [-0.05, 0) is 18.8 Å². The van der Waals surface area contributed by atoms with Crippen LogP contribution in [0.4, 0.5) is 10.5 Å². The minimum Gasteiger partial charge on any atom is -0.481 e. The summed E-state index contributed by atoms with van der Waals surface area (Å²) in [5, 5.41) is 12.3. The van der Waals surface area contributed by atoms with E-state index in [1.807, 2.05) is 0 Å². The first kappa shape index (κ1) is 15.3. The molecule has 2 saturated heterocycles. The quantitative estimate of drug-likeness (QED) is 0.852. The Bertz CT molecular complexity index is 661. The molecule has 0 unspecified atom stereocenters. The molecule has 1 aliphatic carbocycles. The van der Waals surface area contributed by atoms with Crippen LogP contribution in [0.15, 0.2) is 12.4 Å². The van der Waals surface area contributed by atoms with Gasteiger partial charge in [0.15, 0.2) is 0 Å². The molecule has 24 heavy (non-hydrogen) atoms. The Kier molecular flexibility index (Phi) is 3.64. The molecular formula is C16H20N4O4. The van der Waals surface area contributed by atoms with Gasteiger partial charge in [-0.2, -0.15) is 0 Å². The number of nitrogens with one attached hydrogen (secondary N) is 1. The summed E-state index contributed by atoms with van der Waals surface area (Å²) in [5.41, 5.74) is -0.445. The molecule has 0 radical (unpaired) electrons. The SMILES string of the molecule is O=C(Nc1cnc(CC2CC2)nc1)N1C[C@@H]2COC[C@]2(C(=O)O)C1. The number of nitrogens with zero attached hydrogens (tertiary/aromatic N) is 3. The van der Waals surface area contributed by atoms with E-state index in [-0.39, 0.29) is 25.1 Å². The first-order valence-corrected chi connectivity index (χ1v) is 8.25. The van der Waals surface area contributed by atoms with E-state index < -0.39 is 11.4 Å². The number of rotatable bonds is 4. The second kappa shape index (κ2) is 5.70. The minimum atomic E-state index is -0.970. The average molecular weight is 332 g/mol. The molecule has 3 heterocycles. The van der Waals surface area contributed by atoms with Crippen molar-refractivity contribution in [3.63, 3.8) is 0 Å². The van der Waals surface area contributed by atoms with E-state index in [1.165, 1.54) is 12.8 Å². The van der Waals surface area contributed by atoms with E-state index in [2.05, 4.69) is 15.3 Å². The van der Waals surface area contributed by atoms with Crippen LogP contribution in [0.5, 0.6) is 0 Å². The molecule has 0 bridgehead atoms. The smallest absolute Gasteiger partial charge is 0.321 e. The number of amides is 2. The number of urea groups is 1. The Morgan fingerprint density at radius 3 is 2.75 bits per heavy atom. The highest BCUT2D eigenvalue weighted by Crippen LogP contribution is 2.41. The topological polar surface area (TPSA) is 105 Å². The molecule has 1 aromatic heterocycles. The number of aromatic nitrogens is 2. The number of carboxylic acids is 1. The summed E-state index contributed by atoms with van der Waals surface area (Å²) in [7, 11) is 0. The number of carbonyl (C=O) groups is 2. The van der Waals surface area contributed by atoms with Crippen molar-refractivity contribution in [3.8, 4) is 0 Å². The Balaban J connectivity index is 1.39. The van der Waals surface area contributed by atoms with Crippen molar-refractivity contribution in [3.05, 3.63) is 18.2 Å². The van der Waals surface area contributed by atoms with Crippen molar-refractivity contribution in [2.45, 2.75) is 19.3 Å². The summed E-state index contributed by atoms with van der Waals surface area (Å²) in [4.78, 5) is 34.1. The fraction of sp³-hybridized carbons (Fsp3) is 0.625. The van der Waals surface area contributed by atoms with Crippen LogP contribution in [0.1, 0.15) is 18.7 Å². The van der Waals surface area contributed by atoms with Crippen LogP contribution in [-0.2, 0) is 16.0 Å². The lowest BCUT2D eigenvalue weighted by Crippen LogP contribution is -2.41. The summed E-state index contributed by atoms with van der Waals surface area (Å²) in [6.07, 6.45) is 6.59. The molecule has 2 amide bonds. The van der Waals surface area contributed by atoms with Gasteiger partial charge in [0.2, 0.25) is 0 Å². The molecule has 128 valence electrons. The Labute approximate surface area is 139 Å². The Morgan fingerprint density at radius 2 is 2.12 bits per heavy atom. The predicted molar refractivity (Wildman–Crippen MR) is 83.4 cm³/mol. The van der Waals surface area contributed by atoms with Crippen LogP contribution in [-0.4, -0.2) is 58.3 Å². The summed E-state index contributed by atoms with van der Waals surface area (Å²) in [6.45, 7) is 1.10. The first-order chi connectivity index (χ1) is 11.6. The third-order valence-electron chi connectivity index (χ3n) is 5.21. The normalized spacial score (nSPS) is 28.7. The van der Waals surface area contributed by atoms with Crippen LogP contribution in [0, 0.1) is 17.3 Å². The zero-order valence-electron chi connectivity index (χ0n) is 13.3. The standard InChI is InChI=1S/C16H20N4O4/c21-14(22)16-8-20(6-11(16)7-24-9-16)15(23)19-12-4-17-13(18-5-12)3-10-1-2-10/h4-5,10-11H,1-3,6-9H2,(H,19,23)(H,21,22)/t11-,16-/m1/s1. The van der Waals surface area contributed by atoms with Gasteiger partial charge in [0, 0.05) is 25.4 Å². The zero-order valence-corrected chi connectivity index (χ0v) is 13.3. The van der Waals surface area contributed by atoms with E-state index in [1.54, 1.807) is 17.3 Å². The highest BCUT2D eigenvalue weighted by atomic mass is 16.5. The van der Waals surface area contributed by atoms with Gasteiger partial charge in [0.1, 0.15) is 11.2 Å². The third-order valence-corrected chi connectivity index (χ3v) is 5.21. The fourth-order valence-corrected chi connectivity index (χ4v) is 3.50. The van der Waals surface area contributed by atoms with Crippen molar-refractivity contribution >= 4 is 17.7 Å². The van der Waals surface area contributed by atoms with E-state index in [0.717, 1.165) is 12.2 Å². The molecule has 1 saturated carbocycles. The molecule has 2 atom stereocenters. The van der Waals surface area contributed by atoms with Gasteiger partial charge < -0.3 is 20.1 Å². The summed E-state index contributed by atoms with van der Waals surface area (Å²) in [5.74, 6) is 0.461. The molecule has 2 N–H and O–H groups in total. The number of aliphatic carboxylic acids is 1. The number of anilines is 1. The van der Waals surface area contributed by atoms with Crippen LogP contribution in [0.25, 0.3) is 0 Å². The zero-order chi connectivity index (χ0) is 16.7. The predicted octanol–water partition coefficient (Wildman–Crippen LogP) is 0.994. The number of fused-ring (bicyclic) bond motifs is 1. The summed E-state index contributed by atoms with van der Waals surface area (Å²) in [6, 6.07) is -0.316. The molecule has 4 rings (SSSR count). The highest BCUT2D eigenvalue weighted by Gasteiger charge is 2.57. The molecular weight excluding hydrogens is 312 g/mol. The maximum atomic E-state index is 12.4. The lowest BCUT2D eigenvalue weighted by molar-refractivity contribution is -0.149. The Morgan fingerprint density at radius 1 is 1.38 bits per heavy atom. The van der Waals surface area contributed by atoms with Crippen molar-refractivity contribution in [2.75, 3.05) is 31.6 Å². The van der Waals surface area contributed by atoms with Crippen LogP contribution in [0.3, 0.4) is 0 Å². The number of hydrogen-bond acceptors (Lipinski definition) is 5. The molecule has 8 nitrogen and oxygen atoms in total. The van der Waals surface area contributed by atoms with E-state index in [4.69, 9.17) is 4.74 Å². The van der Waals surface area contributed by atoms with Crippen LogP contribution < -0.4 is 5.32 Å². The summed E-state index contributed by atoms with van der Waals surface area (Å²) >= 11 is 0. The second-order valence-corrected chi connectivity index (χ2v) is 7.02. The number of carbonyl (C=O) groups excluding carboxylic acids is 1. The first-order valence-electron chi connectivity index (χ1n) is 8.25. The lowest BCUT2D eigenvalue weighted by atomic mass is 9.81. The molecule has 8 heteroatoms. The molecule has 3 fully saturated rings. The van der Waals surface area contributed by atoms with Gasteiger partial charge in [-0.15, -0.1) is 0 Å². The maximum absolute atomic E-state index is 12.4. The molecule has 1 aromatic rings. The highest BCUT2D eigenvalue weighted by molar-refractivity contribution is 5.90. The minimum absolute atomic E-state index is 0.155. The number of likely N-dealkylation sites (tertiary alicyclic amines) is 1. The van der Waals surface area contributed by atoms with Gasteiger partial charge in [-0.25, -0.2) is 14.8 Å². The second-order valence-electron chi connectivity index (χ2n) is 7.02. The average Bonchev–Trinajstić information content (AvgIpc) is 3.13. The van der Waals surface area contributed by atoms with Crippen molar-refractivity contribution < 1.29 is 19.4 Å². The monoisotopic (exact) mass is 332 g/mol. The molecule has 2 aliphatic heterocycles. The van der Waals surface area contributed by atoms with E-state index in [9.17, 15) is 14.7 Å². The van der Waals surface area contributed by atoms with Gasteiger partial charge in [0.25, 0.3) is 0 Å². The molecule has 0 aromatic carbocycles. The molecule has 0 spiro atoms. The van der Waals surface area contributed by atoms with Gasteiger partial charge in [-0.3, -0.25) is 4.79 Å². The number of ether oxygens (including phenoxy) is 1. The lowest BCUT2D eigenvalue weighted by Gasteiger charge is -2.22. The van der Waals surface area contributed by atoms with Gasteiger partial charge in [0.05, 0.1) is 31.3 Å². The van der Waals surface area contributed by atoms with Crippen LogP contribution in [0.2, 0.25) is 0 Å². The number of carboxylic acid groups (broad SMARTS) is 1. The Hall–Kier alpha value is -2.22. The summed E-state index contributed by atoms with van der Waals surface area (Å²) < 4.78 is 5.31. The fourth-order valence-electron chi connectivity index (χ4n) is 3.50. The van der Waals surface area contributed by atoms with Crippen molar-refractivity contribution in [2.24, 2.45) is 17.3 Å². The maximum Gasteiger partial charge on any atom is 0.321 e.